The highest BCUT2D eigenvalue weighted by atomic mass is 19.1. The summed E-state index contributed by atoms with van der Waals surface area (Å²) in [5, 5.41) is 15.8. The number of rotatable bonds is 4. The Hall–Kier alpha value is -3.05. The Labute approximate surface area is 186 Å². The van der Waals surface area contributed by atoms with Crippen molar-refractivity contribution in [3.05, 3.63) is 100 Å². The zero-order valence-corrected chi connectivity index (χ0v) is 18.2. The molecule has 0 saturated carbocycles. The number of nitrogens with zero attached hydrogens (tertiary/aromatic N) is 2. The summed E-state index contributed by atoms with van der Waals surface area (Å²) in [6.07, 6.45) is 7.77. The highest BCUT2D eigenvalue weighted by Gasteiger charge is 2.46. The van der Waals surface area contributed by atoms with E-state index >= 15 is 0 Å². The molecule has 5 rings (SSSR count). The molecule has 0 amide bonds. The number of fused-ring (bicyclic) bond motifs is 2. The molecule has 1 N–H and O–H groups in total. The van der Waals surface area contributed by atoms with E-state index in [1.807, 2.05) is 10.9 Å². The zero-order chi connectivity index (χ0) is 22.5. The van der Waals surface area contributed by atoms with Gasteiger partial charge in [0, 0.05) is 5.41 Å². The molecule has 0 spiro atoms. The third-order valence-electron chi connectivity index (χ3n) is 7.16. The van der Waals surface area contributed by atoms with Crippen molar-refractivity contribution in [2.75, 3.05) is 0 Å². The molecule has 1 heterocycles. The van der Waals surface area contributed by atoms with E-state index in [1.165, 1.54) is 35.4 Å². The lowest BCUT2D eigenvalue weighted by molar-refractivity contribution is 0.0415. The average Bonchev–Trinajstić information content (AvgIpc) is 3.17. The van der Waals surface area contributed by atoms with Crippen LogP contribution in [0.2, 0.25) is 0 Å². The molecule has 32 heavy (non-hydrogen) atoms. The molecule has 0 radical (unpaired) electrons. The van der Waals surface area contributed by atoms with Gasteiger partial charge in [0.15, 0.2) is 0 Å². The lowest BCUT2D eigenvalue weighted by Gasteiger charge is -2.47. The van der Waals surface area contributed by atoms with E-state index in [9.17, 15) is 13.9 Å². The maximum absolute atomic E-state index is 13.4. The number of allylic oxidation sites excluding steroid dienone is 3. The number of hydrogen-bond donors (Lipinski definition) is 1. The number of aromatic nitrogens is 2. The molecule has 0 saturated heterocycles. The summed E-state index contributed by atoms with van der Waals surface area (Å²) in [5.74, 6) is -0.510. The number of benzene rings is 2. The maximum Gasteiger partial charge on any atom is 0.123 e. The minimum absolute atomic E-state index is 0.0322. The Morgan fingerprint density at radius 3 is 2.44 bits per heavy atom. The van der Waals surface area contributed by atoms with Gasteiger partial charge in [-0.25, -0.2) is 13.5 Å². The van der Waals surface area contributed by atoms with Crippen molar-refractivity contribution in [2.45, 2.75) is 39.2 Å². The first kappa shape index (κ1) is 20.8. The summed E-state index contributed by atoms with van der Waals surface area (Å²) in [5.41, 5.74) is 6.07. The van der Waals surface area contributed by atoms with Gasteiger partial charge in [0.25, 0.3) is 0 Å². The Kier molecular flexibility index (Phi) is 5.09. The van der Waals surface area contributed by atoms with Crippen LogP contribution >= 0.6 is 0 Å². The van der Waals surface area contributed by atoms with E-state index in [4.69, 9.17) is 0 Å². The van der Waals surface area contributed by atoms with Crippen LogP contribution in [0.1, 0.15) is 37.1 Å². The molecule has 0 bridgehead atoms. The molecule has 1 aromatic heterocycles. The third kappa shape index (κ3) is 3.51. The fourth-order valence-corrected chi connectivity index (χ4v) is 5.42. The summed E-state index contributed by atoms with van der Waals surface area (Å²) in [6.45, 7) is 4.35. The molecule has 5 heteroatoms. The number of hydrogen-bond acceptors (Lipinski definition) is 2. The minimum Gasteiger partial charge on any atom is -0.392 e. The Balaban J connectivity index is 1.49. The van der Waals surface area contributed by atoms with E-state index in [2.05, 4.69) is 31.1 Å². The van der Waals surface area contributed by atoms with Crippen molar-refractivity contribution in [1.82, 2.24) is 9.78 Å². The van der Waals surface area contributed by atoms with Crippen molar-refractivity contribution in [3.63, 3.8) is 0 Å². The van der Waals surface area contributed by atoms with E-state index in [0.717, 1.165) is 35.3 Å². The molecule has 2 aliphatic rings. The van der Waals surface area contributed by atoms with Crippen LogP contribution in [-0.2, 0) is 12.8 Å². The van der Waals surface area contributed by atoms with Gasteiger partial charge in [0.1, 0.15) is 11.6 Å². The van der Waals surface area contributed by atoms with Gasteiger partial charge < -0.3 is 5.11 Å². The lowest BCUT2D eigenvalue weighted by Crippen LogP contribution is -2.43. The second kappa shape index (κ2) is 7.82. The fraction of sp³-hybridized carbons (Fsp3) is 0.296. The van der Waals surface area contributed by atoms with Gasteiger partial charge in [-0.05, 0) is 91.3 Å². The van der Waals surface area contributed by atoms with Gasteiger partial charge in [0.05, 0.1) is 23.7 Å². The molecule has 2 aliphatic carbocycles. The molecule has 0 unspecified atom stereocenters. The van der Waals surface area contributed by atoms with Crippen molar-refractivity contribution in [2.24, 2.45) is 11.3 Å². The lowest BCUT2D eigenvalue weighted by atomic mass is 9.58. The van der Waals surface area contributed by atoms with Crippen LogP contribution in [0.5, 0.6) is 0 Å². The van der Waals surface area contributed by atoms with Crippen LogP contribution in [0.3, 0.4) is 0 Å². The van der Waals surface area contributed by atoms with Gasteiger partial charge >= 0.3 is 0 Å². The van der Waals surface area contributed by atoms with Crippen LogP contribution in [0, 0.1) is 23.0 Å². The van der Waals surface area contributed by atoms with Crippen molar-refractivity contribution in [3.8, 4) is 5.69 Å². The first-order valence-electron chi connectivity index (χ1n) is 11.0. The molecule has 0 fully saturated rings. The maximum atomic E-state index is 13.4. The predicted molar refractivity (Wildman–Crippen MR) is 121 cm³/mol. The summed E-state index contributed by atoms with van der Waals surface area (Å²) >= 11 is 0. The van der Waals surface area contributed by atoms with E-state index in [1.54, 1.807) is 24.3 Å². The monoisotopic (exact) mass is 432 g/mol. The molecule has 3 aromatic rings. The first-order valence-corrected chi connectivity index (χ1v) is 11.0. The molecule has 164 valence electrons. The van der Waals surface area contributed by atoms with Crippen LogP contribution < -0.4 is 0 Å². The molecular weight excluding hydrogens is 406 g/mol. The van der Waals surface area contributed by atoms with Crippen molar-refractivity contribution in [1.29, 1.82) is 0 Å². The SMILES string of the molecule is CC1=CC[C@H]([C@@H](O)Cc2ccc(F)cc2)[C@@]2(C)Cc3cnn(-c4ccc(F)cc4)c3C=C12. The fourth-order valence-electron chi connectivity index (χ4n) is 5.42. The molecular formula is C27H26F2N2O. The third-order valence-corrected chi connectivity index (χ3v) is 7.16. The quantitative estimate of drug-likeness (QED) is 0.577. The summed E-state index contributed by atoms with van der Waals surface area (Å²) in [7, 11) is 0. The standard InChI is InChI=1S/C27H26F2N2O/c1-17-3-12-23(26(32)13-18-4-6-20(28)7-5-18)27(2)15-19-16-30-31(25(19)14-24(17)27)22-10-8-21(29)9-11-22/h3-11,14,16,23,26,32H,12-13,15H2,1-2H3/t23-,26+,27-/m1/s1. The van der Waals surface area contributed by atoms with E-state index in [-0.39, 0.29) is 23.0 Å². The van der Waals surface area contributed by atoms with Crippen LogP contribution in [-0.4, -0.2) is 21.0 Å². The van der Waals surface area contributed by atoms with Gasteiger partial charge in [-0.3, -0.25) is 0 Å². The van der Waals surface area contributed by atoms with Gasteiger partial charge in [-0.2, -0.15) is 5.10 Å². The average molecular weight is 433 g/mol. The second-order valence-corrected chi connectivity index (χ2v) is 9.22. The Morgan fingerprint density at radius 2 is 1.75 bits per heavy atom. The minimum atomic E-state index is -0.549. The van der Waals surface area contributed by atoms with Crippen molar-refractivity contribution < 1.29 is 13.9 Å². The topological polar surface area (TPSA) is 38.1 Å². The Morgan fingerprint density at radius 1 is 1.09 bits per heavy atom. The van der Waals surface area contributed by atoms with Gasteiger partial charge in [-0.1, -0.05) is 30.7 Å². The van der Waals surface area contributed by atoms with Gasteiger partial charge in [-0.15, -0.1) is 0 Å². The smallest absolute Gasteiger partial charge is 0.123 e. The van der Waals surface area contributed by atoms with Crippen LogP contribution in [0.15, 0.2) is 72.0 Å². The second-order valence-electron chi connectivity index (χ2n) is 9.22. The number of halogens is 2. The highest BCUT2D eigenvalue weighted by Crippen LogP contribution is 2.52. The number of aliphatic hydroxyl groups excluding tert-OH is 1. The zero-order valence-electron chi connectivity index (χ0n) is 18.2. The predicted octanol–water partition coefficient (Wildman–Crippen LogP) is 5.67. The van der Waals surface area contributed by atoms with E-state index in [0.29, 0.717) is 6.42 Å². The molecule has 0 aliphatic heterocycles. The summed E-state index contributed by atoms with van der Waals surface area (Å²) in [4.78, 5) is 0. The first-order chi connectivity index (χ1) is 15.3. The summed E-state index contributed by atoms with van der Waals surface area (Å²) < 4.78 is 28.5. The summed E-state index contributed by atoms with van der Waals surface area (Å²) in [6, 6.07) is 12.7. The normalized spacial score (nSPS) is 23.1. The Bertz CT molecular complexity index is 1210. The molecule has 2 aromatic carbocycles. The number of aliphatic hydroxyl groups is 1. The van der Waals surface area contributed by atoms with Crippen molar-refractivity contribution >= 4 is 6.08 Å². The highest BCUT2D eigenvalue weighted by molar-refractivity contribution is 5.66. The van der Waals surface area contributed by atoms with E-state index < -0.39 is 6.10 Å². The molecule has 3 nitrogen and oxygen atoms in total. The van der Waals surface area contributed by atoms with Crippen LogP contribution in [0.25, 0.3) is 11.8 Å². The van der Waals surface area contributed by atoms with Gasteiger partial charge in [0.2, 0.25) is 0 Å². The largest absolute Gasteiger partial charge is 0.392 e. The van der Waals surface area contributed by atoms with Crippen LogP contribution in [0.4, 0.5) is 8.78 Å². The molecule has 3 atom stereocenters.